The van der Waals surface area contributed by atoms with Gasteiger partial charge in [0.15, 0.2) is 0 Å². The first kappa shape index (κ1) is 15.3. The van der Waals surface area contributed by atoms with E-state index in [1.807, 2.05) is 24.3 Å². The van der Waals surface area contributed by atoms with Gasteiger partial charge in [-0.3, -0.25) is 0 Å². The van der Waals surface area contributed by atoms with Gasteiger partial charge in [0.05, 0.1) is 6.26 Å². The standard InChI is InChI=1S/C16H19BrFNO/c1-2-19-14(7-8-15-4-3-9-20-15)10-12-5-6-13(17)11-16(12)18/h3-6,9,11,14,19H,2,7-8,10H2,1H3. The summed E-state index contributed by atoms with van der Waals surface area (Å²) in [4.78, 5) is 0. The molecule has 0 fully saturated rings. The molecule has 0 saturated heterocycles. The molecule has 1 aromatic heterocycles. The highest BCUT2D eigenvalue weighted by molar-refractivity contribution is 9.10. The van der Waals surface area contributed by atoms with Gasteiger partial charge in [0.1, 0.15) is 11.6 Å². The summed E-state index contributed by atoms with van der Waals surface area (Å²) < 4.78 is 20.0. The van der Waals surface area contributed by atoms with Crippen molar-refractivity contribution < 1.29 is 8.81 Å². The van der Waals surface area contributed by atoms with Crippen molar-refractivity contribution in [2.24, 2.45) is 0 Å². The molecule has 108 valence electrons. The molecule has 0 aliphatic carbocycles. The van der Waals surface area contributed by atoms with Crippen LogP contribution in [-0.4, -0.2) is 12.6 Å². The Morgan fingerprint density at radius 3 is 2.85 bits per heavy atom. The van der Waals surface area contributed by atoms with Crippen LogP contribution < -0.4 is 5.32 Å². The van der Waals surface area contributed by atoms with Gasteiger partial charge in [-0.25, -0.2) is 4.39 Å². The van der Waals surface area contributed by atoms with Gasteiger partial charge in [-0.05, 0) is 49.2 Å². The van der Waals surface area contributed by atoms with E-state index in [1.54, 1.807) is 6.26 Å². The van der Waals surface area contributed by atoms with Gasteiger partial charge in [0.25, 0.3) is 0 Å². The lowest BCUT2D eigenvalue weighted by Crippen LogP contribution is -2.31. The summed E-state index contributed by atoms with van der Waals surface area (Å²) in [5, 5.41) is 3.42. The van der Waals surface area contributed by atoms with Crippen molar-refractivity contribution in [2.45, 2.75) is 32.2 Å². The summed E-state index contributed by atoms with van der Waals surface area (Å²) in [7, 11) is 0. The first-order valence-electron chi connectivity index (χ1n) is 6.88. The molecule has 1 aromatic carbocycles. The van der Waals surface area contributed by atoms with Crippen LogP contribution in [0.5, 0.6) is 0 Å². The molecule has 1 heterocycles. The van der Waals surface area contributed by atoms with E-state index in [2.05, 4.69) is 28.2 Å². The number of hydrogen-bond acceptors (Lipinski definition) is 2. The van der Waals surface area contributed by atoms with E-state index in [0.29, 0.717) is 6.42 Å². The fourth-order valence-corrected chi connectivity index (χ4v) is 2.62. The van der Waals surface area contributed by atoms with E-state index in [0.717, 1.165) is 35.2 Å². The maximum absolute atomic E-state index is 13.9. The number of benzene rings is 1. The number of rotatable bonds is 7. The maximum atomic E-state index is 13.9. The van der Waals surface area contributed by atoms with Gasteiger partial charge < -0.3 is 9.73 Å². The number of furan rings is 1. The lowest BCUT2D eigenvalue weighted by molar-refractivity contribution is 0.443. The molecule has 0 radical (unpaired) electrons. The van der Waals surface area contributed by atoms with Crippen LogP contribution in [0.1, 0.15) is 24.7 Å². The summed E-state index contributed by atoms with van der Waals surface area (Å²) >= 11 is 3.28. The molecular formula is C16H19BrFNO. The minimum Gasteiger partial charge on any atom is -0.469 e. The molecule has 0 aliphatic rings. The van der Waals surface area contributed by atoms with E-state index in [9.17, 15) is 4.39 Å². The normalized spacial score (nSPS) is 12.6. The third-order valence-corrected chi connectivity index (χ3v) is 3.79. The van der Waals surface area contributed by atoms with Gasteiger partial charge >= 0.3 is 0 Å². The summed E-state index contributed by atoms with van der Waals surface area (Å²) in [5.41, 5.74) is 0.749. The van der Waals surface area contributed by atoms with Gasteiger partial charge in [-0.15, -0.1) is 0 Å². The van der Waals surface area contributed by atoms with Crippen molar-refractivity contribution in [1.29, 1.82) is 0 Å². The van der Waals surface area contributed by atoms with Gasteiger partial charge in [0, 0.05) is 16.9 Å². The predicted molar refractivity (Wildman–Crippen MR) is 82.3 cm³/mol. The molecule has 2 rings (SSSR count). The second-order valence-corrected chi connectivity index (χ2v) is 5.73. The molecule has 0 spiro atoms. The molecule has 2 nitrogen and oxygen atoms in total. The zero-order valence-corrected chi connectivity index (χ0v) is 13.1. The molecule has 0 saturated carbocycles. The van der Waals surface area contributed by atoms with E-state index in [-0.39, 0.29) is 11.9 Å². The Balaban J connectivity index is 1.97. The van der Waals surface area contributed by atoms with E-state index < -0.39 is 0 Å². The van der Waals surface area contributed by atoms with Crippen LogP contribution in [0.15, 0.2) is 45.5 Å². The van der Waals surface area contributed by atoms with Crippen LogP contribution in [0.3, 0.4) is 0 Å². The summed E-state index contributed by atoms with van der Waals surface area (Å²) in [6.45, 7) is 2.94. The smallest absolute Gasteiger partial charge is 0.127 e. The molecule has 0 aliphatic heterocycles. The van der Waals surface area contributed by atoms with Crippen molar-refractivity contribution in [3.63, 3.8) is 0 Å². The Morgan fingerprint density at radius 1 is 1.35 bits per heavy atom. The third kappa shape index (κ3) is 4.46. The molecule has 0 amide bonds. The Labute approximate surface area is 127 Å². The zero-order valence-electron chi connectivity index (χ0n) is 11.5. The highest BCUT2D eigenvalue weighted by Gasteiger charge is 2.12. The average molecular weight is 340 g/mol. The Kier molecular flexibility index (Phi) is 5.80. The number of likely N-dealkylation sites (N-methyl/N-ethyl adjacent to an activating group) is 1. The summed E-state index contributed by atoms with van der Waals surface area (Å²) in [5.74, 6) is 0.824. The first-order valence-corrected chi connectivity index (χ1v) is 7.68. The van der Waals surface area contributed by atoms with Crippen molar-refractivity contribution in [1.82, 2.24) is 5.32 Å². The largest absolute Gasteiger partial charge is 0.469 e. The Morgan fingerprint density at radius 2 is 2.20 bits per heavy atom. The van der Waals surface area contributed by atoms with E-state index in [4.69, 9.17) is 4.42 Å². The van der Waals surface area contributed by atoms with Crippen molar-refractivity contribution in [3.8, 4) is 0 Å². The molecule has 2 aromatic rings. The number of hydrogen-bond donors (Lipinski definition) is 1. The molecule has 4 heteroatoms. The van der Waals surface area contributed by atoms with Crippen LogP contribution in [0.25, 0.3) is 0 Å². The highest BCUT2D eigenvalue weighted by Crippen LogP contribution is 2.18. The zero-order chi connectivity index (χ0) is 14.4. The number of nitrogens with one attached hydrogen (secondary N) is 1. The van der Waals surface area contributed by atoms with Crippen LogP contribution in [0.4, 0.5) is 4.39 Å². The van der Waals surface area contributed by atoms with Gasteiger partial charge in [0.2, 0.25) is 0 Å². The fourth-order valence-electron chi connectivity index (χ4n) is 2.29. The monoisotopic (exact) mass is 339 g/mol. The van der Waals surface area contributed by atoms with Gasteiger partial charge in [-0.1, -0.05) is 28.9 Å². The van der Waals surface area contributed by atoms with E-state index in [1.165, 1.54) is 6.07 Å². The molecular weight excluding hydrogens is 321 g/mol. The molecule has 0 bridgehead atoms. The number of halogens is 2. The second-order valence-electron chi connectivity index (χ2n) is 4.81. The van der Waals surface area contributed by atoms with Crippen LogP contribution in [0.2, 0.25) is 0 Å². The van der Waals surface area contributed by atoms with Crippen molar-refractivity contribution in [3.05, 3.63) is 58.2 Å². The quantitative estimate of drug-likeness (QED) is 0.811. The minimum atomic E-state index is -0.153. The lowest BCUT2D eigenvalue weighted by atomic mass is 10.0. The number of aryl methyl sites for hydroxylation is 1. The summed E-state index contributed by atoms with van der Waals surface area (Å²) in [6, 6.07) is 9.37. The average Bonchev–Trinajstić information content (AvgIpc) is 2.92. The fraction of sp³-hybridized carbons (Fsp3) is 0.375. The second kappa shape index (κ2) is 7.60. The first-order chi connectivity index (χ1) is 9.69. The molecule has 1 N–H and O–H groups in total. The van der Waals surface area contributed by atoms with Gasteiger partial charge in [-0.2, -0.15) is 0 Å². The van der Waals surface area contributed by atoms with Crippen molar-refractivity contribution in [2.75, 3.05) is 6.54 Å². The predicted octanol–water partition coefficient (Wildman–Crippen LogP) is 4.33. The van der Waals surface area contributed by atoms with Crippen LogP contribution in [0, 0.1) is 5.82 Å². The van der Waals surface area contributed by atoms with Crippen LogP contribution in [-0.2, 0) is 12.8 Å². The molecule has 1 unspecified atom stereocenters. The molecule has 20 heavy (non-hydrogen) atoms. The molecule has 1 atom stereocenters. The minimum absolute atomic E-state index is 0.153. The topological polar surface area (TPSA) is 25.2 Å². The third-order valence-electron chi connectivity index (χ3n) is 3.29. The Hall–Kier alpha value is -1.13. The SMILES string of the molecule is CCNC(CCc1ccco1)Cc1ccc(Br)cc1F. The Bertz CT molecular complexity index is 527. The lowest BCUT2D eigenvalue weighted by Gasteiger charge is -2.18. The summed E-state index contributed by atoms with van der Waals surface area (Å²) in [6.07, 6.45) is 4.17. The highest BCUT2D eigenvalue weighted by atomic mass is 79.9. The maximum Gasteiger partial charge on any atom is 0.127 e. The van der Waals surface area contributed by atoms with E-state index >= 15 is 0 Å². The van der Waals surface area contributed by atoms with Crippen LogP contribution >= 0.6 is 15.9 Å². The van der Waals surface area contributed by atoms with Crippen molar-refractivity contribution >= 4 is 15.9 Å².